The van der Waals surface area contributed by atoms with E-state index in [-0.39, 0.29) is 23.5 Å². The summed E-state index contributed by atoms with van der Waals surface area (Å²) in [7, 11) is -0.0142. The number of likely N-dealkylation sites (N-methyl/N-ethyl adjacent to an activating group) is 2. The van der Waals surface area contributed by atoms with Crippen LogP contribution in [0, 0.1) is 0 Å². The second-order valence-corrected chi connectivity index (χ2v) is 8.64. The molecule has 2 rings (SSSR count). The summed E-state index contributed by atoms with van der Waals surface area (Å²) in [6.45, 7) is 4.48. The van der Waals surface area contributed by atoms with Gasteiger partial charge in [0.2, 0.25) is 10.0 Å². The molecular weight excluding hydrogens is 354 g/mol. The number of aliphatic hydroxyl groups excluding tert-OH is 1. The third-order valence-electron chi connectivity index (χ3n) is 4.93. The lowest BCUT2D eigenvalue weighted by molar-refractivity contribution is 0.0783. The van der Waals surface area contributed by atoms with Crippen LogP contribution in [-0.4, -0.2) is 86.5 Å². The Kier molecular flexibility index (Phi) is 7.16. The van der Waals surface area contributed by atoms with Crippen molar-refractivity contribution in [1.29, 1.82) is 0 Å². The smallest absolute Gasteiger partial charge is 0.253 e. The molecule has 1 aromatic rings. The molecule has 0 aromatic heterocycles. The molecule has 1 aliphatic rings. The summed E-state index contributed by atoms with van der Waals surface area (Å²) in [5.74, 6) is -0.202. The van der Waals surface area contributed by atoms with Crippen LogP contribution in [0.4, 0.5) is 0 Å². The van der Waals surface area contributed by atoms with E-state index in [1.165, 1.54) is 16.4 Å². The number of benzene rings is 1. The fourth-order valence-corrected chi connectivity index (χ4v) is 4.77. The van der Waals surface area contributed by atoms with Gasteiger partial charge in [-0.15, -0.1) is 0 Å². The molecule has 0 aliphatic carbocycles. The van der Waals surface area contributed by atoms with Crippen LogP contribution < -0.4 is 0 Å². The summed E-state index contributed by atoms with van der Waals surface area (Å²) in [4.78, 5) is 16.4. The highest BCUT2D eigenvalue weighted by Crippen LogP contribution is 2.26. The molecule has 1 aromatic carbocycles. The zero-order valence-electron chi connectivity index (χ0n) is 15.8. The summed E-state index contributed by atoms with van der Waals surface area (Å²) in [5.41, 5.74) is 0.354. The molecule has 0 radical (unpaired) electrons. The topological polar surface area (TPSA) is 81.2 Å². The van der Waals surface area contributed by atoms with Gasteiger partial charge in [0.05, 0.1) is 11.5 Å². The highest BCUT2D eigenvalue weighted by molar-refractivity contribution is 7.89. The number of hydrogen-bond donors (Lipinski definition) is 1. The maximum Gasteiger partial charge on any atom is 0.253 e. The minimum absolute atomic E-state index is 0.0998. The molecule has 1 aliphatic heterocycles. The van der Waals surface area contributed by atoms with Crippen LogP contribution in [0.1, 0.15) is 30.1 Å². The highest BCUT2D eigenvalue weighted by Gasteiger charge is 2.35. The normalized spacial score (nSPS) is 18.4. The lowest BCUT2D eigenvalue weighted by Crippen LogP contribution is -2.38. The molecule has 1 saturated heterocycles. The maximum absolute atomic E-state index is 12.9. The first kappa shape index (κ1) is 20.8. The monoisotopic (exact) mass is 383 g/mol. The number of sulfonamides is 1. The summed E-state index contributed by atoms with van der Waals surface area (Å²) >= 11 is 0. The van der Waals surface area contributed by atoms with Crippen LogP contribution in [0.5, 0.6) is 0 Å². The number of rotatable bonds is 8. The minimum Gasteiger partial charge on any atom is -0.395 e. The number of carbonyl (C=O) groups is 1. The Morgan fingerprint density at radius 3 is 2.69 bits per heavy atom. The molecule has 26 heavy (non-hydrogen) atoms. The van der Waals surface area contributed by atoms with Gasteiger partial charge in [0.25, 0.3) is 5.91 Å². The van der Waals surface area contributed by atoms with Crippen LogP contribution in [0.25, 0.3) is 0 Å². The highest BCUT2D eigenvalue weighted by atomic mass is 32.2. The number of nitrogens with zero attached hydrogens (tertiary/aromatic N) is 3. The van der Waals surface area contributed by atoms with Crippen LogP contribution in [0.2, 0.25) is 0 Å². The molecule has 7 nitrogen and oxygen atoms in total. The van der Waals surface area contributed by atoms with Gasteiger partial charge in [-0.05, 0) is 44.6 Å². The van der Waals surface area contributed by atoms with Crippen molar-refractivity contribution in [2.75, 3.05) is 46.9 Å². The molecular formula is C18H29N3O4S. The third kappa shape index (κ3) is 4.62. The van der Waals surface area contributed by atoms with Gasteiger partial charge in [-0.2, -0.15) is 4.31 Å². The van der Waals surface area contributed by atoms with E-state index in [1.54, 1.807) is 24.1 Å². The fourth-order valence-electron chi connectivity index (χ4n) is 3.03. The standard InChI is InChI=1S/C18H29N3O4S/c1-4-19(2)11-12-20(3)18(23)15-7-5-9-17(13-15)26(24,25)21-10-6-8-16(21)14-22/h5,7,9,13,16,22H,4,6,8,10-12,14H2,1-3H3. The molecule has 1 heterocycles. The first-order valence-electron chi connectivity index (χ1n) is 8.98. The number of amides is 1. The average molecular weight is 384 g/mol. The maximum atomic E-state index is 12.9. The van der Waals surface area contributed by atoms with Crippen molar-refractivity contribution in [2.24, 2.45) is 0 Å². The zero-order chi connectivity index (χ0) is 19.3. The van der Waals surface area contributed by atoms with Crippen molar-refractivity contribution in [1.82, 2.24) is 14.1 Å². The largest absolute Gasteiger partial charge is 0.395 e. The molecule has 146 valence electrons. The van der Waals surface area contributed by atoms with Crippen LogP contribution in [0.15, 0.2) is 29.2 Å². The summed E-state index contributed by atoms with van der Waals surface area (Å²) in [6, 6.07) is 5.78. The van der Waals surface area contributed by atoms with Crippen molar-refractivity contribution >= 4 is 15.9 Å². The molecule has 0 spiro atoms. The average Bonchev–Trinajstić information content (AvgIpc) is 3.14. The molecule has 0 saturated carbocycles. The minimum atomic E-state index is -3.72. The van der Waals surface area contributed by atoms with Crippen molar-refractivity contribution in [3.63, 3.8) is 0 Å². The van der Waals surface area contributed by atoms with Crippen molar-refractivity contribution < 1.29 is 18.3 Å². The van der Waals surface area contributed by atoms with Gasteiger partial charge in [-0.25, -0.2) is 8.42 Å². The molecule has 0 bridgehead atoms. The Bertz CT molecular complexity index is 723. The predicted molar refractivity (Wildman–Crippen MR) is 101 cm³/mol. The molecule has 1 amide bonds. The summed E-state index contributed by atoms with van der Waals surface area (Å²) in [6.07, 6.45) is 1.39. The van der Waals surface area contributed by atoms with E-state index in [0.29, 0.717) is 25.1 Å². The summed E-state index contributed by atoms with van der Waals surface area (Å²) < 4.78 is 27.1. The quantitative estimate of drug-likeness (QED) is 0.720. The van der Waals surface area contributed by atoms with Gasteiger partial charge in [0.1, 0.15) is 0 Å². The van der Waals surface area contributed by atoms with Gasteiger partial charge in [0, 0.05) is 38.3 Å². The lowest BCUT2D eigenvalue weighted by atomic mass is 10.2. The van der Waals surface area contributed by atoms with E-state index >= 15 is 0 Å². The van der Waals surface area contributed by atoms with E-state index < -0.39 is 10.0 Å². The van der Waals surface area contributed by atoms with Gasteiger partial charge < -0.3 is 14.9 Å². The SMILES string of the molecule is CCN(C)CCN(C)C(=O)c1cccc(S(=O)(=O)N2CCCC2CO)c1. The molecule has 1 N–H and O–H groups in total. The first-order chi connectivity index (χ1) is 12.3. The Labute approximate surface area is 156 Å². The Hall–Kier alpha value is -1.48. The first-order valence-corrected chi connectivity index (χ1v) is 10.4. The van der Waals surface area contributed by atoms with Crippen molar-refractivity contribution in [3.05, 3.63) is 29.8 Å². The van der Waals surface area contributed by atoms with E-state index in [2.05, 4.69) is 4.90 Å². The molecule has 8 heteroatoms. The number of aliphatic hydroxyl groups is 1. The van der Waals surface area contributed by atoms with E-state index in [9.17, 15) is 18.3 Å². The second kappa shape index (κ2) is 8.94. The van der Waals surface area contributed by atoms with E-state index in [0.717, 1.165) is 19.5 Å². The molecule has 1 atom stereocenters. The van der Waals surface area contributed by atoms with Crippen LogP contribution >= 0.6 is 0 Å². The number of carbonyl (C=O) groups excluding carboxylic acids is 1. The summed E-state index contributed by atoms with van der Waals surface area (Å²) in [5, 5.41) is 9.42. The van der Waals surface area contributed by atoms with Gasteiger partial charge >= 0.3 is 0 Å². The van der Waals surface area contributed by atoms with Crippen molar-refractivity contribution in [3.8, 4) is 0 Å². The predicted octanol–water partition coefficient (Wildman–Crippen LogP) is 0.856. The third-order valence-corrected chi connectivity index (χ3v) is 6.87. The van der Waals surface area contributed by atoms with E-state index in [1.807, 2.05) is 14.0 Å². The van der Waals surface area contributed by atoms with Crippen molar-refractivity contribution in [2.45, 2.75) is 30.7 Å². The Morgan fingerprint density at radius 1 is 1.31 bits per heavy atom. The van der Waals surface area contributed by atoms with Gasteiger partial charge in [-0.3, -0.25) is 4.79 Å². The fraction of sp³-hybridized carbons (Fsp3) is 0.611. The zero-order valence-corrected chi connectivity index (χ0v) is 16.6. The Balaban J connectivity index is 2.18. The van der Waals surface area contributed by atoms with Crippen LogP contribution in [-0.2, 0) is 10.0 Å². The van der Waals surface area contributed by atoms with Gasteiger partial charge in [-0.1, -0.05) is 13.0 Å². The lowest BCUT2D eigenvalue weighted by Gasteiger charge is -2.23. The Morgan fingerprint density at radius 2 is 2.04 bits per heavy atom. The molecule has 1 fully saturated rings. The van der Waals surface area contributed by atoms with Crippen LogP contribution in [0.3, 0.4) is 0 Å². The number of hydrogen-bond acceptors (Lipinski definition) is 5. The van der Waals surface area contributed by atoms with E-state index in [4.69, 9.17) is 0 Å². The van der Waals surface area contributed by atoms with Gasteiger partial charge in [0.15, 0.2) is 0 Å². The molecule has 1 unspecified atom stereocenters. The second-order valence-electron chi connectivity index (χ2n) is 6.74.